The third kappa shape index (κ3) is 4.60. The summed E-state index contributed by atoms with van der Waals surface area (Å²) in [4.78, 5) is 28.9. The first kappa shape index (κ1) is 21.1. The monoisotopic (exact) mass is 426 g/mol. The number of thiophene rings is 1. The Hall–Kier alpha value is -2.18. The number of ether oxygens (including phenoxy) is 1. The molecule has 0 radical (unpaired) electrons. The molecule has 4 rings (SSSR count). The molecule has 1 atom stereocenters. The van der Waals surface area contributed by atoms with Gasteiger partial charge in [0.05, 0.1) is 12.7 Å². The molecule has 6 heteroatoms. The van der Waals surface area contributed by atoms with Gasteiger partial charge >= 0.3 is 5.97 Å². The molecule has 0 spiro atoms. The van der Waals surface area contributed by atoms with Crippen LogP contribution in [0.15, 0.2) is 24.3 Å². The number of carbonyl (C=O) groups excluding carboxylic acids is 2. The molecule has 1 aromatic carbocycles. The number of likely N-dealkylation sites (tertiary alicyclic amines) is 1. The number of nitrogens with zero attached hydrogens (tertiary/aromatic N) is 1. The minimum atomic E-state index is -0.365. The van der Waals surface area contributed by atoms with Gasteiger partial charge in [-0.3, -0.25) is 9.69 Å². The Labute approximate surface area is 182 Å². The van der Waals surface area contributed by atoms with Gasteiger partial charge in [-0.1, -0.05) is 19.1 Å². The van der Waals surface area contributed by atoms with Gasteiger partial charge in [-0.2, -0.15) is 0 Å². The van der Waals surface area contributed by atoms with Crippen molar-refractivity contribution in [2.75, 3.05) is 25.5 Å². The van der Waals surface area contributed by atoms with E-state index in [9.17, 15) is 9.59 Å². The van der Waals surface area contributed by atoms with Gasteiger partial charge < -0.3 is 10.1 Å². The zero-order chi connectivity index (χ0) is 21.1. The number of methoxy groups -OCH3 is 1. The number of amides is 1. The summed E-state index contributed by atoms with van der Waals surface area (Å²) in [6.07, 6.45) is 6.60. The van der Waals surface area contributed by atoms with E-state index in [1.54, 1.807) is 0 Å². The number of carbonyl (C=O) groups is 2. The summed E-state index contributed by atoms with van der Waals surface area (Å²) in [5, 5.41) is 3.59. The summed E-state index contributed by atoms with van der Waals surface area (Å²) in [6.45, 7) is 5.52. The lowest BCUT2D eigenvalue weighted by molar-refractivity contribution is 0.0601. The molecule has 1 aliphatic carbocycles. The Morgan fingerprint density at radius 1 is 1.17 bits per heavy atom. The van der Waals surface area contributed by atoms with E-state index in [0.717, 1.165) is 56.8 Å². The molecule has 1 saturated heterocycles. The van der Waals surface area contributed by atoms with Crippen LogP contribution in [0, 0.1) is 5.92 Å². The molecule has 5 nitrogen and oxygen atoms in total. The molecule has 2 heterocycles. The van der Waals surface area contributed by atoms with Crippen molar-refractivity contribution < 1.29 is 14.3 Å². The molecule has 1 fully saturated rings. The first-order valence-electron chi connectivity index (χ1n) is 10.9. The third-order valence-electron chi connectivity index (χ3n) is 6.15. The smallest absolute Gasteiger partial charge is 0.341 e. The quantitative estimate of drug-likeness (QED) is 0.691. The van der Waals surface area contributed by atoms with Crippen LogP contribution >= 0.6 is 11.3 Å². The fourth-order valence-electron chi connectivity index (χ4n) is 4.60. The van der Waals surface area contributed by atoms with Crippen molar-refractivity contribution in [3.63, 3.8) is 0 Å². The molecular weight excluding hydrogens is 396 g/mol. The molecule has 0 saturated carbocycles. The molecule has 160 valence electrons. The van der Waals surface area contributed by atoms with Crippen molar-refractivity contribution in [1.29, 1.82) is 0 Å². The number of hydrogen-bond donors (Lipinski definition) is 1. The van der Waals surface area contributed by atoms with Crippen molar-refractivity contribution in [2.45, 2.75) is 52.0 Å². The van der Waals surface area contributed by atoms with Gasteiger partial charge in [0.2, 0.25) is 0 Å². The normalized spacial score (nSPS) is 19.2. The lowest BCUT2D eigenvalue weighted by atomic mass is 9.95. The first-order valence-corrected chi connectivity index (χ1v) is 11.7. The van der Waals surface area contributed by atoms with E-state index in [-0.39, 0.29) is 11.9 Å². The topological polar surface area (TPSA) is 58.6 Å². The van der Waals surface area contributed by atoms with Crippen molar-refractivity contribution in [2.24, 2.45) is 5.92 Å². The predicted molar refractivity (Wildman–Crippen MR) is 120 cm³/mol. The summed E-state index contributed by atoms with van der Waals surface area (Å²) in [5.41, 5.74) is 3.43. The summed E-state index contributed by atoms with van der Waals surface area (Å²) in [5.74, 6) is 0.206. The number of rotatable bonds is 5. The number of anilines is 1. The van der Waals surface area contributed by atoms with Crippen molar-refractivity contribution in [3.05, 3.63) is 51.4 Å². The van der Waals surface area contributed by atoms with Crippen LogP contribution in [0.25, 0.3) is 0 Å². The van der Waals surface area contributed by atoms with Crippen LogP contribution < -0.4 is 5.32 Å². The summed E-state index contributed by atoms with van der Waals surface area (Å²) >= 11 is 1.52. The maximum atomic E-state index is 12.9. The highest BCUT2D eigenvalue weighted by Crippen LogP contribution is 2.38. The number of esters is 1. The maximum Gasteiger partial charge on any atom is 0.341 e. The van der Waals surface area contributed by atoms with Crippen LogP contribution in [0.4, 0.5) is 5.00 Å². The summed E-state index contributed by atoms with van der Waals surface area (Å²) < 4.78 is 5.00. The number of aryl methyl sites for hydroxylation is 1. The molecule has 0 bridgehead atoms. The predicted octanol–water partition coefficient (Wildman–Crippen LogP) is 4.90. The Balaban J connectivity index is 1.46. The summed E-state index contributed by atoms with van der Waals surface area (Å²) in [6, 6.07) is 7.83. The number of hydrogen-bond acceptors (Lipinski definition) is 5. The molecule has 2 aliphatic rings. The van der Waals surface area contributed by atoms with Crippen LogP contribution in [0.1, 0.15) is 69.3 Å². The minimum Gasteiger partial charge on any atom is -0.465 e. The van der Waals surface area contributed by atoms with E-state index in [4.69, 9.17) is 4.74 Å². The zero-order valence-electron chi connectivity index (χ0n) is 17.8. The van der Waals surface area contributed by atoms with Gasteiger partial charge in [-0.15, -0.1) is 11.3 Å². The van der Waals surface area contributed by atoms with E-state index in [0.29, 0.717) is 16.1 Å². The molecule has 1 aliphatic heterocycles. The SMILES string of the molecule is COC(=O)c1c(NC(=O)c2ccc(CN3CCC[C@@H](C)C3)cc2)sc2c1CCCC2. The number of nitrogens with one attached hydrogen (secondary N) is 1. The van der Waals surface area contributed by atoms with E-state index in [1.807, 2.05) is 24.3 Å². The summed E-state index contributed by atoms with van der Waals surface area (Å²) in [7, 11) is 1.39. The van der Waals surface area contributed by atoms with Gasteiger partial charge in [0, 0.05) is 23.5 Å². The molecule has 1 aromatic heterocycles. The second-order valence-electron chi connectivity index (χ2n) is 8.54. The molecular formula is C24H30N2O3S. The lowest BCUT2D eigenvalue weighted by Crippen LogP contribution is -2.33. The maximum absolute atomic E-state index is 12.9. The molecule has 0 unspecified atom stereocenters. The van der Waals surface area contributed by atoms with E-state index < -0.39 is 0 Å². The first-order chi connectivity index (χ1) is 14.5. The average molecular weight is 427 g/mol. The Morgan fingerprint density at radius 3 is 2.67 bits per heavy atom. The fraction of sp³-hybridized carbons (Fsp3) is 0.500. The lowest BCUT2D eigenvalue weighted by Gasteiger charge is -2.30. The van der Waals surface area contributed by atoms with Gasteiger partial charge in [0.15, 0.2) is 0 Å². The molecule has 1 amide bonds. The second-order valence-corrected chi connectivity index (χ2v) is 9.65. The standard InChI is InChI=1S/C24H30N2O3S/c1-16-6-5-13-26(14-16)15-17-9-11-18(12-10-17)22(27)25-23-21(24(28)29-2)19-7-3-4-8-20(19)30-23/h9-12,16H,3-8,13-15H2,1-2H3,(H,25,27)/t16-/m1/s1. The molecule has 30 heavy (non-hydrogen) atoms. The minimum absolute atomic E-state index is 0.183. The number of benzene rings is 1. The van der Waals surface area contributed by atoms with E-state index >= 15 is 0 Å². The second kappa shape index (κ2) is 9.31. The van der Waals surface area contributed by atoms with Crippen LogP contribution in [0.2, 0.25) is 0 Å². The molecule has 1 N–H and O–H groups in total. The van der Waals surface area contributed by atoms with Crippen molar-refractivity contribution in [3.8, 4) is 0 Å². The fourth-order valence-corrected chi connectivity index (χ4v) is 5.87. The van der Waals surface area contributed by atoms with Gasteiger partial charge in [0.1, 0.15) is 5.00 Å². The average Bonchev–Trinajstić information content (AvgIpc) is 3.11. The zero-order valence-corrected chi connectivity index (χ0v) is 18.6. The van der Waals surface area contributed by atoms with Crippen LogP contribution in [-0.2, 0) is 24.1 Å². The van der Waals surface area contributed by atoms with Crippen molar-refractivity contribution >= 4 is 28.2 Å². The van der Waals surface area contributed by atoms with Crippen LogP contribution in [0.5, 0.6) is 0 Å². The third-order valence-corrected chi connectivity index (χ3v) is 7.36. The highest BCUT2D eigenvalue weighted by atomic mass is 32.1. The highest BCUT2D eigenvalue weighted by Gasteiger charge is 2.27. The van der Waals surface area contributed by atoms with E-state index in [1.165, 1.54) is 41.7 Å². The van der Waals surface area contributed by atoms with Crippen LogP contribution in [-0.4, -0.2) is 37.0 Å². The molecule has 2 aromatic rings. The Morgan fingerprint density at radius 2 is 1.93 bits per heavy atom. The van der Waals surface area contributed by atoms with E-state index in [2.05, 4.69) is 17.1 Å². The number of fused-ring (bicyclic) bond motifs is 1. The van der Waals surface area contributed by atoms with Gasteiger partial charge in [-0.05, 0) is 74.2 Å². The highest BCUT2D eigenvalue weighted by molar-refractivity contribution is 7.17. The Kier molecular flexibility index (Phi) is 6.54. The van der Waals surface area contributed by atoms with Gasteiger partial charge in [-0.25, -0.2) is 4.79 Å². The van der Waals surface area contributed by atoms with Crippen LogP contribution in [0.3, 0.4) is 0 Å². The largest absolute Gasteiger partial charge is 0.465 e. The van der Waals surface area contributed by atoms with Crippen molar-refractivity contribution in [1.82, 2.24) is 4.90 Å². The number of piperidine rings is 1. The van der Waals surface area contributed by atoms with Gasteiger partial charge in [0.25, 0.3) is 5.91 Å². The Bertz CT molecular complexity index is 919.